The Hall–Kier alpha value is -1.06. The predicted molar refractivity (Wildman–Crippen MR) is 65.8 cm³/mol. The maximum Gasteiger partial charge on any atom is 0.410 e. The van der Waals surface area contributed by atoms with Crippen molar-refractivity contribution in [2.24, 2.45) is 5.92 Å². The highest BCUT2D eigenvalue weighted by Crippen LogP contribution is 2.24. The maximum atomic E-state index is 12.0. The minimum absolute atomic E-state index is 0.0290. The molecule has 1 aliphatic heterocycles. The summed E-state index contributed by atoms with van der Waals surface area (Å²) in [6.45, 7) is 9.63. The van der Waals surface area contributed by atoms with E-state index in [4.69, 9.17) is 4.74 Å². The lowest BCUT2D eigenvalue weighted by atomic mass is 9.91. The van der Waals surface area contributed by atoms with Gasteiger partial charge in [-0.05, 0) is 47.5 Å². The standard InChI is InChI=1S/C13H23NO3/c1-9-6-7-11(10(2)15)8-14(9)12(16)17-13(3,4)5/h9,11H,6-8H2,1-5H3/t9-,11-/m1/s1. The fourth-order valence-corrected chi connectivity index (χ4v) is 2.01. The average molecular weight is 241 g/mol. The van der Waals surface area contributed by atoms with Gasteiger partial charge in [-0.3, -0.25) is 4.79 Å². The summed E-state index contributed by atoms with van der Waals surface area (Å²) in [5.74, 6) is 0.129. The zero-order chi connectivity index (χ0) is 13.2. The van der Waals surface area contributed by atoms with Crippen molar-refractivity contribution in [1.82, 2.24) is 4.90 Å². The number of piperidine rings is 1. The van der Waals surface area contributed by atoms with Crippen molar-refractivity contribution in [3.63, 3.8) is 0 Å². The van der Waals surface area contributed by atoms with Crippen molar-refractivity contribution in [3.05, 3.63) is 0 Å². The number of rotatable bonds is 1. The van der Waals surface area contributed by atoms with Crippen LogP contribution in [0.3, 0.4) is 0 Å². The Morgan fingerprint density at radius 1 is 1.24 bits per heavy atom. The van der Waals surface area contributed by atoms with Crippen molar-refractivity contribution >= 4 is 11.9 Å². The molecule has 0 saturated carbocycles. The third kappa shape index (κ3) is 4.02. The highest BCUT2D eigenvalue weighted by atomic mass is 16.6. The number of hydrogen-bond donors (Lipinski definition) is 0. The van der Waals surface area contributed by atoms with Gasteiger partial charge in [0.25, 0.3) is 0 Å². The van der Waals surface area contributed by atoms with Crippen LogP contribution in [-0.2, 0) is 9.53 Å². The molecule has 1 amide bonds. The number of nitrogens with zero attached hydrogens (tertiary/aromatic N) is 1. The molecule has 0 unspecified atom stereocenters. The second kappa shape index (κ2) is 5.07. The molecule has 0 radical (unpaired) electrons. The molecule has 0 N–H and O–H groups in total. The van der Waals surface area contributed by atoms with Gasteiger partial charge >= 0.3 is 6.09 Å². The van der Waals surface area contributed by atoms with Crippen LogP contribution in [0.15, 0.2) is 0 Å². The lowest BCUT2D eigenvalue weighted by Gasteiger charge is -2.37. The van der Waals surface area contributed by atoms with Crippen LogP contribution in [-0.4, -0.2) is 35.0 Å². The molecular weight excluding hydrogens is 218 g/mol. The normalized spacial score (nSPS) is 25.6. The first-order valence-corrected chi connectivity index (χ1v) is 6.21. The van der Waals surface area contributed by atoms with Crippen molar-refractivity contribution in [3.8, 4) is 0 Å². The fraction of sp³-hybridized carbons (Fsp3) is 0.846. The number of carbonyl (C=O) groups is 2. The first-order valence-electron chi connectivity index (χ1n) is 6.21. The Labute approximate surface area is 103 Å². The first-order chi connectivity index (χ1) is 7.70. The highest BCUT2D eigenvalue weighted by Gasteiger charge is 2.33. The largest absolute Gasteiger partial charge is 0.444 e. The molecule has 0 aromatic heterocycles. The molecule has 98 valence electrons. The minimum Gasteiger partial charge on any atom is -0.444 e. The fourth-order valence-electron chi connectivity index (χ4n) is 2.01. The van der Waals surface area contributed by atoms with E-state index >= 15 is 0 Å². The van der Waals surface area contributed by atoms with Gasteiger partial charge in [-0.1, -0.05) is 0 Å². The van der Waals surface area contributed by atoms with Crippen LogP contribution in [0.1, 0.15) is 47.5 Å². The third-order valence-corrected chi connectivity index (χ3v) is 3.08. The van der Waals surface area contributed by atoms with Gasteiger partial charge in [0.05, 0.1) is 0 Å². The van der Waals surface area contributed by atoms with Crippen molar-refractivity contribution in [2.75, 3.05) is 6.54 Å². The van der Waals surface area contributed by atoms with E-state index in [1.165, 1.54) is 0 Å². The van der Waals surface area contributed by atoms with Gasteiger partial charge in [0.15, 0.2) is 0 Å². The summed E-state index contributed by atoms with van der Waals surface area (Å²) in [5, 5.41) is 0. The van der Waals surface area contributed by atoms with Crippen molar-refractivity contribution in [1.29, 1.82) is 0 Å². The smallest absolute Gasteiger partial charge is 0.410 e. The summed E-state index contributed by atoms with van der Waals surface area (Å²) >= 11 is 0. The van der Waals surface area contributed by atoms with Crippen LogP contribution in [0.25, 0.3) is 0 Å². The van der Waals surface area contributed by atoms with E-state index in [1.807, 2.05) is 27.7 Å². The van der Waals surface area contributed by atoms with Gasteiger partial charge in [-0.15, -0.1) is 0 Å². The SMILES string of the molecule is CC(=O)[C@@H]1CC[C@@H](C)N(C(=O)OC(C)(C)C)C1. The summed E-state index contributed by atoms with van der Waals surface area (Å²) in [6, 6.07) is 0.153. The molecular formula is C13H23NO3. The van der Waals surface area contributed by atoms with Crippen LogP contribution < -0.4 is 0 Å². The van der Waals surface area contributed by atoms with Crippen LogP contribution in [0.2, 0.25) is 0 Å². The zero-order valence-electron chi connectivity index (χ0n) is 11.4. The molecule has 4 nitrogen and oxygen atoms in total. The second-order valence-corrected chi connectivity index (χ2v) is 5.87. The summed E-state index contributed by atoms with van der Waals surface area (Å²) in [7, 11) is 0. The third-order valence-electron chi connectivity index (χ3n) is 3.08. The molecule has 1 aliphatic rings. The van der Waals surface area contributed by atoms with Crippen molar-refractivity contribution < 1.29 is 14.3 Å². The van der Waals surface area contributed by atoms with Gasteiger partial charge in [0.2, 0.25) is 0 Å². The Kier molecular flexibility index (Phi) is 4.17. The van der Waals surface area contributed by atoms with E-state index in [0.29, 0.717) is 6.54 Å². The predicted octanol–water partition coefficient (Wildman–Crippen LogP) is 2.61. The lowest BCUT2D eigenvalue weighted by molar-refractivity contribution is -0.122. The molecule has 4 heteroatoms. The maximum absolute atomic E-state index is 12.0. The summed E-state index contributed by atoms with van der Waals surface area (Å²) in [6.07, 6.45) is 1.43. The average Bonchev–Trinajstić information content (AvgIpc) is 2.14. The number of carbonyl (C=O) groups excluding carboxylic acids is 2. The molecule has 0 aromatic rings. The van der Waals surface area contributed by atoms with Crippen LogP contribution in [0, 0.1) is 5.92 Å². The molecule has 1 fully saturated rings. The Balaban J connectivity index is 2.67. The van der Waals surface area contributed by atoms with Gasteiger partial charge in [-0.2, -0.15) is 0 Å². The zero-order valence-corrected chi connectivity index (χ0v) is 11.4. The Morgan fingerprint density at radius 2 is 1.82 bits per heavy atom. The van der Waals surface area contributed by atoms with Crippen molar-refractivity contribution in [2.45, 2.75) is 59.1 Å². The van der Waals surface area contributed by atoms with Gasteiger partial charge < -0.3 is 9.64 Å². The number of Topliss-reactive ketones (excluding diaryl/α,β-unsaturated/α-hetero) is 1. The summed E-state index contributed by atoms with van der Waals surface area (Å²) in [4.78, 5) is 25.0. The summed E-state index contributed by atoms with van der Waals surface area (Å²) in [5.41, 5.74) is -0.486. The van der Waals surface area contributed by atoms with Gasteiger partial charge in [-0.25, -0.2) is 4.79 Å². The molecule has 0 aliphatic carbocycles. The lowest BCUT2D eigenvalue weighted by Crippen LogP contribution is -2.48. The number of amides is 1. The van der Waals surface area contributed by atoms with E-state index in [9.17, 15) is 9.59 Å². The molecule has 0 bridgehead atoms. The molecule has 1 rings (SSSR count). The number of ether oxygens (including phenoxy) is 1. The van der Waals surface area contributed by atoms with Crippen LogP contribution in [0.4, 0.5) is 4.79 Å². The Bertz CT molecular complexity index is 306. The Morgan fingerprint density at radius 3 is 2.29 bits per heavy atom. The quantitative estimate of drug-likeness (QED) is 0.709. The number of hydrogen-bond acceptors (Lipinski definition) is 3. The van der Waals surface area contributed by atoms with Gasteiger partial charge in [0.1, 0.15) is 11.4 Å². The van der Waals surface area contributed by atoms with Crippen LogP contribution >= 0.6 is 0 Å². The van der Waals surface area contributed by atoms with E-state index < -0.39 is 5.60 Å². The summed E-state index contributed by atoms with van der Waals surface area (Å²) < 4.78 is 5.35. The van der Waals surface area contributed by atoms with Crippen LogP contribution in [0.5, 0.6) is 0 Å². The molecule has 1 heterocycles. The monoisotopic (exact) mass is 241 g/mol. The van der Waals surface area contributed by atoms with E-state index in [-0.39, 0.29) is 23.8 Å². The second-order valence-electron chi connectivity index (χ2n) is 5.87. The minimum atomic E-state index is -0.486. The van der Waals surface area contributed by atoms with E-state index in [1.54, 1.807) is 11.8 Å². The molecule has 17 heavy (non-hydrogen) atoms. The molecule has 0 spiro atoms. The highest BCUT2D eigenvalue weighted by molar-refractivity contribution is 5.79. The van der Waals surface area contributed by atoms with Gasteiger partial charge in [0, 0.05) is 18.5 Å². The van der Waals surface area contributed by atoms with E-state index in [2.05, 4.69) is 0 Å². The molecule has 2 atom stereocenters. The topological polar surface area (TPSA) is 46.6 Å². The molecule has 1 saturated heterocycles. The number of ketones is 1. The molecule has 0 aromatic carbocycles. The first kappa shape index (κ1) is 14.0. The number of likely N-dealkylation sites (tertiary alicyclic amines) is 1. The van der Waals surface area contributed by atoms with E-state index in [0.717, 1.165) is 12.8 Å².